The standard InChI is InChI=1S/C14H9ClN2O3S/c1-20-11-3-2-4-12-13(11)16-14(21-12)9-6-5-8(17(18)19)7-10(9)15/h2-7H,1H3. The molecule has 0 amide bonds. The first-order valence-corrected chi connectivity index (χ1v) is 7.17. The average molecular weight is 321 g/mol. The average Bonchev–Trinajstić information content (AvgIpc) is 2.90. The highest BCUT2D eigenvalue weighted by Crippen LogP contribution is 2.38. The number of non-ortho nitro benzene ring substituents is 1. The van der Waals surface area contributed by atoms with Crippen LogP contribution in [0.1, 0.15) is 0 Å². The molecule has 0 fully saturated rings. The van der Waals surface area contributed by atoms with Gasteiger partial charge in [-0.1, -0.05) is 17.7 Å². The molecule has 5 nitrogen and oxygen atoms in total. The molecule has 0 saturated carbocycles. The third-order valence-electron chi connectivity index (χ3n) is 3.00. The lowest BCUT2D eigenvalue weighted by molar-refractivity contribution is -0.384. The second kappa shape index (κ2) is 5.31. The van der Waals surface area contributed by atoms with Gasteiger partial charge in [0, 0.05) is 17.7 Å². The minimum absolute atomic E-state index is 0.0394. The number of thiazole rings is 1. The Kier molecular flexibility index (Phi) is 3.48. The highest BCUT2D eigenvalue weighted by molar-refractivity contribution is 7.21. The van der Waals surface area contributed by atoms with Crippen molar-refractivity contribution >= 4 is 38.8 Å². The van der Waals surface area contributed by atoms with Crippen molar-refractivity contribution in [3.63, 3.8) is 0 Å². The van der Waals surface area contributed by atoms with E-state index in [0.29, 0.717) is 21.3 Å². The van der Waals surface area contributed by atoms with Gasteiger partial charge in [-0.15, -0.1) is 11.3 Å². The Balaban J connectivity index is 2.14. The van der Waals surface area contributed by atoms with Crippen molar-refractivity contribution in [2.24, 2.45) is 0 Å². The first kappa shape index (κ1) is 13.8. The first-order chi connectivity index (χ1) is 10.1. The lowest BCUT2D eigenvalue weighted by Crippen LogP contribution is -1.88. The summed E-state index contributed by atoms with van der Waals surface area (Å²) < 4.78 is 6.25. The molecule has 7 heteroatoms. The number of benzene rings is 2. The fourth-order valence-corrected chi connectivity index (χ4v) is 3.34. The van der Waals surface area contributed by atoms with Gasteiger partial charge in [-0.2, -0.15) is 0 Å². The van der Waals surface area contributed by atoms with Crippen LogP contribution in [0.15, 0.2) is 36.4 Å². The Labute approximate surface area is 128 Å². The summed E-state index contributed by atoms with van der Waals surface area (Å²) in [7, 11) is 1.59. The summed E-state index contributed by atoms with van der Waals surface area (Å²) in [5, 5.41) is 11.8. The number of methoxy groups -OCH3 is 1. The van der Waals surface area contributed by atoms with Crippen molar-refractivity contribution in [2.75, 3.05) is 7.11 Å². The maximum atomic E-state index is 10.7. The van der Waals surface area contributed by atoms with Crippen LogP contribution >= 0.6 is 22.9 Å². The van der Waals surface area contributed by atoms with Crippen LogP contribution in [0.3, 0.4) is 0 Å². The summed E-state index contributed by atoms with van der Waals surface area (Å²) >= 11 is 7.60. The molecule has 0 saturated heterocycles. The van der Waals surface area contributed by atoms with Crippen molar-refractivity contribution in [3.8, 4) is 16.3 Å². The summed E-state index contributed by atoms with van der Waals surface area (Å²) in [6.45, 7) is 0. The number of halogens is 1. The van der Waals surface area contributed by atoms with Gasteiger partial charge in [0.1, 0.15) is 16.3 Å². The lowest BCUT2D eigenvalue weighted by Gasteiger charge is -2.00. The molecule has 3 aromatic rings. The van der Waals surface area contributed by atoms with Gasteiger partial charge in [-0.05, 0) is 18.2 Å². The van der Waals surface area contributed by atoms with Crippen molar-refractivity contribution in [3.05, 3.63) is 51.5 Å². The monoisotopic (exact) mass is 320 g/mol. The number of aromatic nitrogens is 1. The summed E-state index contributed by atoms with van der Waals surface area (Å²) in [6, 6.07) is 10.0. The molecule has 106 valence electrons. The fraction of sp³-hybridized carbons (Fsp3) is 0.0714. The largest absolute Gasteiger partial charge is 0.494 e. The van der Waals surface area contributed by atoms with Crippen LogP contribution in [0.2, 0.25) is 5.02 Å². The van der Waals surface area contributed by atoms with Crippen LogP contribution < -0.4 is 4.74 Å². The van der Waals surface area contributed by atoms with Gasteiger partial charge in [-0.3, -0.25) is 10.1 Å². The quantitative estimate of drug-likeness (QED) is 0.525. The van der Waals surface area contributed by atoms with E-state index in [1.807, 2.05) is 18.2 Å². The molecule has 0 N–H and O–H groups in total. The number of fused-ring (bicyclic) bond motifs is 1. The molecule has 21 heavy (non-hydrogen) atoms. The van der Waals surface area contributed by atoms with Gasteiger partial charge < -0.3 is 4.74 Å². The number of nitro groups is 1. The molecule has 3 rings (SSSR count). The van der Waals surface area contributed by atoms with Gasteiger partial charge in [0.05, 0.1) is 21.8 Å². The molecule has 0 unspecified atom stereocenters. The highest BCUT2D eigenvalue weighted by atomic mass is 35.5. The van der Waals surface area contributed by atoms with Crippen molar-refractivity contribution in [1.29, 1.82) is 0 Å². The highest BCUT2D eigenvalue weighted by Gasteiger charge is 2.15. The van der Waals surface area contributed by atoms with E-state index in [0.717, 1.165) is 10.2 Å². The summed E-state index contributed by atoms with van der Waals surface area (Å²) in [6.07, 6.45) is 0. The fourth-order valence-electron chi connectivity index (χ4n) is 1.99. The minimum Gasteiger partial charge on any atom is -0.494 e. The number of nitrogens with zero attached hydrogens (tertiary/aromatic N) is 2. The molecule has 1 aromatic heterocycles. The minimum atomic E-state index is -0.475. The predicted octanol–water partition coefficient (Wildman–Crippen LogP) is 4.53. The molecule has 0 aliphatic carbocycles. The Bertz CT molecular complexity index is 847. The van der Waals surface area contributed by atoms with Gasteiger partial charge in [0.15, 0.2) is 0 Å². The molecule has 0 aliphatic heterocycles. The number of hydrogen-bond acceptors (Lipinski definition) is 5. The van der Waals surface area contributed by atoms with E-state index in [4.69, 9.17) is 16.3 Å². The number of ether oxygens (including phenoxy) is 1. The van der Waals surface area contributed by atoms with Crippen LogP contribution in [-0.4, -0.2) is 17.0 Å². The van der Waals surface area contributed by atoms with Gasteiger partial charge in [0.2, 0.25) is 0 Å². The van der Waals surface area contributed by atoms with Crippen molar-refractivity contribution in [2.45, 2.75) is 0 Å². The maximum absolute atomic E-state index is 10.7. The van der Waals surface area contributed by atoms with Crippen LogP contribution in [0.4, 0.5) is 5.69 Å². The van der Waals surface area contributed by atoms with E-state index < -0.39 is 4.92 Å². The van der Waals surface area contributed by atoms with Crippen LogP contribution in [0, 0.1) is 10.1 Å². The Morgan fingerprint density at radius 2 is 2.14 bits per heavy atom. The Hall–Kier alpha value is -2.18. The van der Waals surface area contributed by atoms with Crippen LogP contribution in [0.5, 0.6) is 5.75 Å². The van der Waals surface area contributed by atoms with Crippen molar-refractivity contribution < 1.29 is 9.66 Å². The second-order valence-electron chi connectivity index (χ2n) is 4.25. The van der Waals surface area contributed by atoms with Crippen LogP contribution in [-0.2, 0) is 0 Å². The van der Waals surface area contributed by atoms with Crippen molar-refractivity contribution in [1.82, 2.24) is 4.98 Å². The number of rotatable bonds is 3. The van der Waals surface area contributed by atoms with E-state index >= 15 is 0 Å². The van der Waals surface area contributed by atoms with E-state index in [2.05, 4.69) is 4.98 Å². The molecule has 0 bridgehead atoms. The third kappa shape index (κ3) is 2.43. The zero-order chi connectivity index (χ0) is 15.0. The van der Waals surface area contributed by atoms with Gasteiger partial charge >= 0.3 is 0 Å². The van der Waals surface area contributed by atoms with E-state index in [9.17, 15) is 10.1 Å². The molecular weight excluding hydrogens is 312 g/mol. The van der Waals surface area contributed by atoms with Gasteiger partial charge in [0.25, 0.3) is 5.69 Å². The lowest BCUT2D eigenvalue weighted by atomic mass is 10.2. The summed E-state index contributed by atoms with van der Waals surface area (Å²) in [5.74, 6) is 0.688. The number of nitro benzene ring substituents is 1. The predicted molar refractivity (Wildman–Crippen MR) is 83.3 cm³/mol. The Morgan fingerprint density at radius 3 is 2.81 bits per heavy atom. The maximum Gasteiger partial charge on any atom is 0.270 e. The van der Waals surface area contributed by atoms with Crippen LogP contribution in [0.25, 0.3) is 20.8 Å². The topological polar surface area (TPSA) is 65.3 Å². The SMILES string of the molecule is COc1cccc2sc(-c3ccc([N+](=O)[O-])cc3Cl)nc12. The Morgan fingerprint density at radius 1 is 1.33 bits per heavy atom. The molecule has 2 aromatic carbocycles. The smallest absolute Gasteiger partial charge is 0.270 e. The molecular formula is C14H9ClN2O3S. The number of para-hydroxylation sites is 1. The number of hydrogen-bond donors (Lipinski definition) is 0. The summed E-state index contributed by atoms with van der Waals surface area (Å²) in [4.78, 5) is 14.8. The summed E-state index contributed by atoms with van der Waals surface area (Å²) in [5.41, 5.74) is 1.39. The second-order valence-corrected chi connectivity index (χ2v) is 5.69. The molecule has 1 heterocycles. The van der Waals surface area contributed by atoms with E-state index in [1.54, 1.807) is 13.2 Å². The normalized spacial score (nSPS) is 10.8. The first-order valence-electron chi connectivity index (χ1n) is 5.98. The zero-order valence-electron chi connectivity index (χ0n) is 10.9. The van der Waals surface area contributed by atoms with E-state index in [1.165, 1.54) is 23.5 Å². The molecule has 0 spiro atoms. The zero-order valence-corrected chi connectivity index (χ0v) is 12.4. The van der Waals surface area contributed by atoms with E-state index in [-0.39, 0.29) is 5.69 Å². The third-order valence-corrected chi connectivity index (χ3v) is 4.36. The van der Waals surface area contributed by atoms with Gasteiger partial charge in [-0.25, -0.2) is 4.98 Å². The molecule has 0 aliphatic rings. The molecule has 0 atom stereocenters. The molecule has 0 radical (unpaired) electrons.